The molecule has 1 amide bonds. The lowest BCUT2D eigenvalue weighted by Crippen LogP contribution is -2.20. The molecule has 0 atom stereocenters. The highest BCUT2D eigenvalue weighted by Gasteiger charge is 2.07. The van der Waals surface area contributed by atoms with Crippen LogP contribution in [0.15, 0.2) is 42.5 Å². The molecule has 0 fully saturated rings. The molecule has 0 saturated heterocycles. The van der Waals surface area contributed by atoms with Crippen molar-refractivity contribution in [2.45, 2.75) is 6.92 Å². The monoisotopic (exact) mass is 329 g/mol. The summed E-state index contributed by atoms with van der Waals surface area (Å²) in [5, 5.41) is 2.71. The Morgan fingerprint density at radius 2 is 1.50 bits per heavy atom. The lowest BCUT2D eigenvalue weighted by Gasteiger charge is -2.10. The Morgan fingerprint density at radius 3 is 2.00 bits per heavy atom. The van der Waals surface area contributed by atoms with Gasteiger partial charge in [-0.25, -0.2) is 0 Å². The number of carbonyl (C=O) groups excluding carboxylic acids is 2. The molecule has 0 unspecified atom stereocenters. The maximum Gasteiger partial charge on any atom is 0.262 e. The zero-order chi connectivity index (χ0) is 17.5. The Kier molecular flexibility index (Phi) is 5.78. The first-order valence-corrected chi connectivity index (χ1v) is 7.28. The fourth-order valence-corrected chi connectivity index (χ4v) is 2.01. The Hall–Kier alpha value is -3.02. The fourth-order valence-electron chi connectivity index (χ4n) is 2.01. The van der Waals surface area contributed by atoms with Gasteiger partial charge in [0, 0.05) is 29.4 Å². The Balaban J connectivity index is 1.94. The third kappa shape index (κ3) is 4.74. The number of nitrogens with one attached hydrogen (secondary N) is 1. The van der Waals surface area contributed by atoms with E-state index in [0.717, 1.165) is 0 Å². The maximum absolute atomic E-state index is 12.0. The van der Waals surface area contributed by atoms with Crippen molar-refractivity contribution in [2.75, 3.05) is 26.1 Å². The SMILES string of the molecule is COc1cc(NC(=O)COc2ccc(C(C)=O)cc2)cc(OC)c1. The van der Waals surface area contributed by atoms with Gasteiger partial charge in [0.1, 0.15) is 17.2 Å². The quantitative estimate of drug-likeness (QED) is 0.791. The fraction of sp³-hybridized carbons (Fsp3) is 0.222. The second kappa shape index (κ2) is 8.01. The summed E-state index contributed by atoms with van der Waals surface area (Å²) >= 11 is 0. The van der Waals surface area contributed by atoms with Crippen LogP contribution in [-0.2, 0) is 4.79 Å². The van der Waals surface area contributed by atoms with Crippen LogP contribution in [0.3, 0.4) is 0 Å². The summed E-state index contributed by atoms with van der Waals surface area (Å²) in [6, 6.07) is 11.7. The molecule has 24 heavy (non-hydrogen) atoms. The minimum atomic E-state index is -0.319. The molecule has 126 valence electrons. The standard InChI is InChI=1S/C18H19NO5/c1-12(20)13-4-6-15(7-5-13)24-11-18(21)19-14-8-16(22-2)10-17(9-14)23-3/h4-10H,11H2,1-3H3,(H,19,21). The van der Waals surface area contributed by atoms with E-state index in [1.807, 2.05) is 0 Å². The summed E-state index contributed by atoms with van der Waals surface area (Å²) in [4.78, 5) is 23.2. The van der Waals surface area contributed by atoms with Crippen LogP contribution >= 0.6 is 0 Å². The third-order valence-corrected chi connectivity index (χ3v) is 3.27. The molecule has 0 spiro atoms. The molecule has 0 bridgehead atoms. The van der Waals surface area contributed by atoms with E-state index >= 15 is 0 Å². The van der Waals surface area contributed by atoms with Gasteiger partial charge in [0.2, 0.25) is 0 Å². The molecule has 6 heteroatoms. The second-order valence-electron chi connectivity index (χ2n) is 5.02. The molecule has 2 rings (SSSR count). The van der Waals surface area contributed by atoms with Crippen molar-refractivity contribution in [3.63, 3.8) is 0 Å². The van der Waals surface area contributed by atoms with E-state index in [1.165, 1.54) is 21.1 Å². The average molecular weight is 329 g/mol. The van der Waals surface area contributed by atoms with Crippen LogP contribution in [0.1, 0.15) is 17.3 Å². The van der Waals surface area contributed by atoms with E-state index in [0.29, 0.717) is 28.5 Å². The Bertz CT molecular complexity index is 702. The number of ketones is 1. The van der Waals surface area contributed by atoms with Crippen molar-refractivity contribution in [3.05, 3.63) is 48.0 Å². The lowest BCUT2D eigenvalue weighted by molar-refractivity contribution is -0.118. The summed E-state index contributed by atoms with van der Waals surface area (Å²) in [6.45, 7) is 1.34. The zero-order valence-electron chi connectivity index (χ0n) is 13.8. The molecule has 0 aliphatic heterocycles. The number of rotatable bonds is 7. The van der Waals surface area contributed by atoms with Gasteiger partial charge in [-0.2, -0.15) is 0 Å². The summed E-state index contributed by atoms with van der Waals surface area (Å²) in [5.74, 6) is 1.32. The van der Waals surface area contributed by atoms with E-state index in [9.17, 15) is 9.59 Å². The number of hydrogen-bond acceptors (Lipinski definition) is 5. The highest BCUT2D eigenvalue weighted by molar-refractivity contribution is 5.94. The number of anilines is 1. The van der Waals surface area contributed by atoms with E-state index in [4.69, 9.17) is 14.2 Å². The normalized spacial score (nSPS) is 9.96. The average Bonchev–Trinajstić information content (AvgIpc) is 2.59. The molecule has 0 saturated carbocycles. The number of hydrogen-bond donors (Lipinski definition) is 1. The van der Waals surface area contributed by atoms with Crippen LogP contribution in [0.25, 0.3) is 0 Å². The lowest BCUT2D eigenvalue weighted by atomic mass is 10.1. The van der Waals surface area contributed by atoms with Crippen LogP contribution < -0.4 is 19.5 Å². The number of ether oxygens (including phenoxy) is 3. The molecule has 1 N–H and O–H groups in total. The molecule has 0 aliphatic carbocycles. The van der Waals surface area contributed by atoms with Crippen molar-refractivity contribution in [1.82, 2.24) is 0 Å². The molecule has 0 radical (unpaired) electrons. The van der Waals surface area contributed by atoms with Gasteiger partial charge >= 0.3 is 0 Å². The van der Waals surface area contributed by atoms with Crippen molar-refractivity contribution >= 4 is 17.4 Å². The van der Waals surface area contributed by atoms with Gasteiger partial charge in [-0.05, 0) is 31.2 Å². The first kappa shape index (κ1) is 17.3. The van der Waals surface area contributed by atoms with Gasteiger partial charge in [-0.1, -0.05) is 0 Å². The van der Waals surface area contributed by atoms with Crippen molar-refractivity contribution < 1.29 is 23.8 Å². The van der Waals surface area contributed by atoms with Gasteiger partial charge in [-0.15, -0.1) is 0 Å². The second-order valence-corrected chi connectivity index (χ2v) is 5.02. The van der Waals surface area contributed by atoms with Gasteiger partial charge in [0.25, 0.3) is 5.91 Å². The zero-order valence-corrected chi connectivity index (χ0v) is 13.8. The predicted molar refractivity (Wildman–Crippen MR) is 90.1 cm³/mol. The first-order chi connectivity index (χ1) is 11.5. The number of methoxy groups -OCH3 is 2. The van der Waals surface area contributed by atoms with Crippen LogP contribution in [0.2, 0.25) is 0 Å². The Labute approximate surface area is 140 Å². The number of carbonyl (C=O) groups is 2. The number of benzene rings is 2. The number of amides is 1. The van der Waals surface area contributed by atoms with E-state index in [-0.39, 0.29) is 18.3 Å². The Morgan fingerprint density at radius 1 is 0.917 bits per heavy atom. The highest BCUT2D eigenvalue weighted by atomic mass is 16.5. The van der Waals surface area contributed by atoms with Crippen LogP contribution in [0.4, 0.5) is 5.69 Å². The smallest absolute Gasteiger partial charge is 0.262 e. The van der Waals surface area contributed by atoms with E-state index in [2.05, 4.69) is 5.32 Å². The largest absolute Gasteiger partial charge is 0.497 e. The van der Waals surface area contributed by atoms with E-state index < -0.39 is 0 Å². The molecule has 0 aliphatic rings. The van der Waals surface area contributed by atoms with E-state index in [1.54, 1.807) is 42.5 Å². The summed E-state index contributed by atoms with van der Waals surface area (Å²) in [7, 11) is 3.07. The van der Waals surface area contributed by atoms with Crippen molar-refractivity contribution in [3.8, 4) is 17.2 Å². The van der Waals surface area contributed by atoms with Gasteiger partial charge in [-0.3, -0.25) is 9.59 Å². The number of Topliss-reactive ketones (excluding diaryl/α,β-unsaturated/α-hetero) is 1. The molecule has 2 aromatic rings. The van der Waals surface area contributed by atoms with Crippen LogP contribution in [-0.4, -0.2) is 32.5 Å². The highest BCUT2D eigenvalue weighted by Crippen LogP contribution is 2.25. The minimum Gasteiger partial charge on any atom is -0.497 e. The predicted octanol–water partition coefficient (Wildman–Crippen LogP) is 2.92. The first-order valence-electron chi connectivity index (χ1n) is 7.28. The maximum atomic E-state index is 12.0. The molecular weight excluding hydrogens is 310 g/mol. The van der Waals surface area contributed by atoms with Crippen LogP contribution in [0, 0.1) is 0 Å². The van der Waals surface area contributed by atoms with Gasteiger partial charge in [0.15, 0.2) is 12.4 Å². The molecule has 0 heterocycles. The molecule has 0 aromatic heterocycles. The van der Waals surface area contributed by atoms with Crippen molar-refractivity contribution in [2.24, 2.45) is 0 Å². The summed E-state index contributed by atoms with van der Waals surface area (Å²) in [5.41, 5.74) is 1.14. The molecule has 6 nitrogen and oxygen atoms in total. The topological polar surface area (TPSA) is 73.9 Å². The van der Waals surface area contributed by atoms with Crippen LogP contribution in [0.5, 0.6) is 17.2 Å². The minimum absolute atomic E-state index is 0.0220. The van der Waals surface area contributed by atoms with Crippen molar-refractivity contribution in [1.29, 1.82) is 0 Å². The van der Waals surface area contributed by atoms with Gasteiger partial charge < -0.3 is 19.5 Å². The molecule has 2 aromatic carbocycles. The molecular formula is C18H19NO5. The summed E-state index contributed by atoms with van der Waals surface area (Å²) < 4.78 is 15.7. The summed E-state index contributed by atoms with van der Waals surface area (Å²) in [6.07, 6.45) is 0. The van der Waals surface area contributed by atoms with Gasteiger partial charge in [0.05, 0.1) is 14.2 Å². The third-order valence-electron chi connectivity index (χ3n) is 3.27.